The van der Waals surface area contributed by atoms with Crippen molar-refractivity contribution in [2.75, 3.05) is 16.6 Å². The number of aromatic nitrogens is 1. The molecule has 0 atom stereocenters. The van der Waals surface area contributed by atoms with Crippen molar-refractivity contribution in [3.8, 4) is 0 Å². The maximum absolute atomic E-state index is 13.8. The van der Waals surface area contributed by atoms with Crippen LogP contribution in [0.25, 0.3) is 10.2 Å². The summed E-state index contributed by atoms with van der Waals surface area (Å²) in [4.78, 5) is 28.3. The molecule has 2 N–H and O–H groups in total. The summed E-state index contributed by atoms with van der Waals surface area (Å²) in [7, 11) is -3.93. The van der Waals surface area contributed by atoms with Crippen molar-refractivity contribution in [1.29, 1.82) is 0 Å². The van der Waals surface area contributed by atoms with E-state index in [0.29, 0.717) is 11.3 Å². The molecule has 0 saturated heterocycles. The van der Waals surface area contributed by atoms with Crippen LogP contribution in [-0.2, 0) is 19.6 Å². The number of rotatable bonds is 7. The molecule has 0 spiro atoms. The average Bonchev–Trinajstić information content (AvgIpc) is 3.47. The van der Waals surface area contributed by atoms with Gasteiger partial charge in [0.15, 0.2) is 29.2 Å². The Balaban J connectivity index is 1.43. The van der Waals surface area contributed by atoms with Crippen LogP contribution in [0.15, 0.2) is 52.1 Å². The molecule has 2 aromatic heterocycles. The lowest BCUT2D eigenvalue weighted by Gasteiger charge is -2.11. The van der Waals surface area contributed by atoms with Crippen molar-refractivity contribution in [3.63, 3.8) is 0 Å². The number of carbonyl (C=O) groups excluding carboxylic acids is 2. The molecular formula is C20H12F3N3O5S3. The lowest BCUT2D eigenvalue weighted by molar-refractivity contribution is -0.119. The Morgan fingerprint density at radius 1 is 1.06 bits per heavy atom. The lowest BCUT2D eigenvalue weighted by Crippen LogP contribution is -2.22. The molecule has 1 amide bonds. The van der Waals surface area contributed by atoms with Crippen LogP contribution < -0.4 is 10.0 Å². The highest BCUT2D eigenvalue weighted by Crippen LogP contribution is 2.30. The fraction of sp³-hybridized carbons (Fsp3) is 0.0500. The van der Waals surface area contributed by atoms with Gasteiger partial charge in [0, 0.05) is 0 Å². The number of hydrogen-bond donors (Lipinski definition) is 2. The van der Waals surface area contributed by atoms with E-state index in [-0.39, 0.29) is 25.3 Å². The molecule has 0 aliphatic rings. The molecule has 4 rings (SSSR count). The molecule has 8 nitrogen and oxygen atoms in total. The number of thiophene rings is 1. The number of carbonyl (C=O) groups is 2. The van der Waals surface area contributed by atoms with Crippen LogP contribution in [-0.4, -0.2) is 31.9 Å². The Labute approximate surface area is 198 Å². The van der Waals surface area contributed by atoms with Crippen LogP contribution in [0, 0.1) is 17.5 Å². The monoisotopic (exact) mass is 527 g/mol. The Kier molecular flexibility index (Phi) is 6.54. The highest BCUT2D eigenvalue weighted by Gasteiger charge is 2.22. The number of anilines is 2. The Morgan fingerprint density at radius 3 is 2.56 bits per heavy atom. The van der Waals surface area contributed by atoms with Crippen molar-refractivity contribution in [2.24, 2.45) is 0 Å². The fourth-order valence-electron chi connectivity index (χ4n) is 2.75. The molecular weight excluding hydrogens is 515 g/mol. The van der Waals surface area contributed by atoms with E-state index in [4.69, 9.17) is 4.74 Å². The summed E-state index contributed by atoms with van der Waals surface area (Å²) in [6.07, 6.45) is 0. The van der Waals surface area contributed by atoms with Gasteiger partial charge in [-0.2, -0.15) is 0 Å². The van der Waals surface area contributed by atoms with Crippen LogP contribution in [0.5, 0.6) is 0 Å². The minimum atomic E-state index is -3.93. The number of hydrogen-bond acceptors (Lipinski definition) is 8. The molecule has 0 fully saturated rings. The molecule has 2 heterocycles. The zero-order valence-corrected chi connectivity index (χ0v) is 19.1. The summed E-state index contributed by atoms with van der Waals surface area (Å²) in [5.41, 5.74) is -0.640. The Morgan fingerprint density at radius 2 is 1.82 bits per heavy atom. The van der Waals surface area contributed by atoms with Gasteiger partial charge in [0.1, 0.15) is 9.73 Å². The molecule has 14 heteroatoms. The second-order valence-corrected chi connectivity index (χ2v) is 10.4. The number of sulfonamides is 1. The fourth-order valence-corrected chi connectivity index (χ4v) is 5.73. The second-order valence-electron chi connectivity index (χ2n) is 6.56. The van der Waals surface area contributed by atoms with E-state index in [0.717, 1.165) is 17.4 Å². The van der Waals surface area contributed by atoms with Gasteiger partial charge < -0.3 is 4.74 Å². The van der Waals surface area contributed by atoms with Crippen LogP contribution in [0.3, 0.4) is 0 Å². The number of nitrogens with one attached hydrogen (secondary N) is 2. The van der Waals surface area contributed by atoms with Crippen LogP contribution >= 0.6 is 22.7 Å². The number of ether oxygens (including phenoxy) is 1. The number of amides is 1. The van der Waals surface area contributed by atoms with Gasteiger partial charge in [-0.15, -0.1) is 11.3 Å². The first-order chi connectivity index (χ1) is 16.2. The number of nitrogens with zero attached hydrogens (tertiary/aromatic N) is 1. The van der Waals surface area contributed by atoms with E-state index in [2.05, 4.69) is 15.0 Å². The van der Waals surface area contributed by atoms with Gasteiger partial charge >= 0.3 is 5.97 Å². The molecule has 4 aromatic rings. The van der Waals surface area contributed by atoms with Crippen molar-refractivity contribution in [1.82, 2.24) is 4.98 Å². The van der Waals surface area contributed by atoms with E-state index in [1.54, 1.807) is 11.4 Å². The van der Waals surface area contributed by atoms with Gasteiger partial charge in [-0.05, 0) is 29.6 Å². The second kappa shape index (κ2) is 9.40. The van der Waals surface area contributed by atoms with E-state index >= 15 is 0 Å². The Bertz CT molecular complexity index is 1500. The van der Waals surface area contributed by atoms with E-state index in [9.17, 15) is 31.2 Å². The molecule has 0 radical (unpaired) electrons. The van der Waals surface area contributed by atoms with Crippen molar-refractivity contribution >= 4 is 65.6 Å². The normalized spacial score (nSPS) is 11.4. The summed E-state index contributed by atoms with van der Waals surface area (Å²) in [5, 5.41) is 3.67. The van der Waals surface area contributed by atoms with Gasteiger partial charge in [-0.1, -0.05) is 29.5 Å². The largest absolute Gasteiger partial charge is 0.452 e. The van der Waals surface area contributed by atoms with E-state index in [1.807, 2.05) is 0 Å². The summed E-state index contributed by atoms with van der Waals surface area (Å²) >= 11 is 1.69. The first kappa shape index (κ1) is 23.7. The van der Waals surface area contributed by atoms with Gasteiger partial charge in [0.05, 0.1) is 16.0 Å². The third kappa shape index (κ3) is 4.88. The zero-order chi connectivity index (χ0) is 24.5. The number of para-hydroxylation sites is 1. The van der Waals surface area contributed by atoms with E-state index < -0.39 is 51.5 Å². The molecule has 0 aliphatic carbocycles. The number of fused-ring (bicyclic) bond motifs is 1. The molecule has 0 bridgehead atoms. The predicted molar refractivity (Wildman–Crippen MR) is 120 cm³/mol. The van der Waals surface area contributed by atoms with Crippen LogP contribution in [0.2, 0.25) is 0 Å². The molecule has 176 valence electrons. The van der Waals surface area contributed by atoms with Gasteiger partial charge in [0.2, 0.25) is 0 Å². The summed E-state index contributed by atoms with van der Waals surface area (Å²) in [6.45, 7) is -0.786. The van der Waals surface area contributed by atoms with Crippen LogP contribution in [0.4, 0.5) is 24.0 Å². The first-order valence-electron chi connectivity index (χ1n) is 9.22. The van der Waals surface area contributed by atoms with Crippen molar-refractivity contribution < 1.29 is 35.9 Å². The zero-order valence-electron chi connectivity index (χ0n) is 16.7. The topological polar surface area (TPSA) is 114 Å². The third-order valence-corrected chi connectivity index (χ3v) is 7.93. The minimum Gasteiger partial charge on any atom is -0.452 e. The van der Waals surface area contributed by atoms with Gasteiger partial charge in [0.25, 0.3) is 15.9 Å². The quantitative estimate of drug-likeness (QED) is 0.273. The van der Waals surface area contributed by atoms with Gasteiger partial charge in [-0.25, -0.2) is 31.4 Å². The number of esters is 1. The highest BCUT2D eigenvalue weighted by molar-refractivity contribution is 7.94. The molecule has 2 aromatic carbocycles. The highest BCUT2D eigenvalue weighted by atomic mass is 32.2. The maximum Gasteiger partial charge on any atom is 0.340 e. The third-order valence-electron chi connectivity index (χ3n) is 4.25. The summed E-state index contributed by atoms with van der Waals surface area (Å²) in [6, 6.07) is 9.36. The SMILES string of the molecule is O=C(COC(=O)c1ccccc1NS(=O)(=O)c1cccs1)Nc1nc2c(F)c(F)c(F)cc2s1. The smallest absolute Gasteiger partial charge is 0.340 e. The number of benzene rings is 2. The summed E-state index contributed by atoms with van der Waals surface area (Å²) < 4.78 is 72.6. The molecule has 0 aliphatic heterocycles. The van der Waals surface area contributed by atoms with Gasteiger partial charge in [-0.3, -0.25) is 14.8 Å². The van der Waals surface area contributed by atoms with Crippen molar-refractivity contribution in [3.05, 3.63) is 70.9 Å². The number of thiazole rings is 1. The molecule has 0 saturated carbocycles. The number of halogens is 3. The summed E-state index contributed by atoms with van der Waals surface area (Å²) in [5.74, 6) is -6.41. The standard InChI is InChI=1S/C20H12F3N3O5S3/c21-11-8-13-18(17(23)16(11)22)25-20(33-13)24-14(27)9-31-19(28)10-4-1-2-5-12(10)26-34(29,30)15-6-3-7-32-15/h1-8,26H,9H2,(H,24,25,27). The maximum atomic E-state index is 13.8. The predicted octanol–water partition coefficient (Wildman–Crippen LogP) is 4.37. The lowest BCUT2D eigenvalue weighted by atomic mass is 10.2. The van der Waals surface area contributed by atoms with E-state index in [1.165, 1.54) is 30.3 Å². The molecule has 0 unspecified atom stereocenters. The van der Waals surface area contributed by atoms with Crippen molar-refractivity contribution in [2.45, 2.75) is 4.21 Å². The average molecular weight is 528 g/mol. The van der Waals surface area contributed by atoms with Crippen LogP contribution in [0.1, 0.15) is 10.4 Å². The Hall–Kier alpha value is -3.49. The molecule has 34 heavy (non-hydrogen) atoms. The first-order valence-corrected chi connectivity index (χ1v) is 12.4. The minimum absolute atomic E-state index is 0.0318.